The molecule has 8 heteroatoms. The first-order chi connectivity index (χ1) is 15.6. The fourth-order valence-corrected chi connectivity index (χ4v) is 4.03. The molecule has 0 spiro atoms. The number of ether oxygens (including phenoxy) is 2. The number of fused-ring (bicyclic) bond motifs is 1. The maximum atomic E-state index is 12.0. The highest BCUT2D eigenvalue weighted by Crippen LogP contribution is 2.24. The predicted molar refractivity (Wildman–Crippen MR) is 128 cm³/mol. The van der Waals surface area contributed by atoms with E-state index in [2.05, 4.69) is 4.57 Å². The Morgan fingerprint density at radius 2 is 1.70 bits per heavy atom. The van der Waals surface area contributed by atoms with Gasteiger partial charge in [-0.1, -0.05) is 12.1 Å². The van der Waals surface area contributed by atoms with Crippen LogP contribution in [-0.2, 0) is 32.6 Å². The summed E-state index contributed by atoms with van der Waals surface area (Å²) in [5, 5.41) is 0.942. The maximum absolute atomic E-state index is 12.0. The van der Waals surface area contributed by atoms with Gasteiger partial charge in [-0.2, -0.15) is 8.42 Å². The van der Waals surface area contributed by atoms with E-state index < -0.39 is 15.7 Å². The summed E-state index contributed by atoms with van der Waals surface area (Å²) in [6, 6.07) is 15.0. The quantitative estimate of drug-likeness (QED) is 0.228. The van der Waals surface area contributed by atoms with Crippen molar-refractivity contribution in [3.63, 3.8) is 0 Å². The Labute approximate surface area is 195 Å². The van der Waals surface area contributed by atoms with Crippen LogP contribution in [0, 0.1) is 0 Å². The molecular weight excluding hydrogens is 442 g/mol. The zero-order valence-electron chi connectivity index (χ0n) is 19.5. The molecule has 178 valence electrons. The highest BCUT2D eigenvalue weighted by atomic mass is 32.2. The van der Waals surface area contributed by atoms with E-state index in [1.54, 1.807) is 32.9 Å². The predicted octanol–water partition coefficient (Wildman–Crippen LogP) is 4.72. The van der Waals surface area contributed by atoms with Gasteiger partial charge in [0.15, 0.2) is 5.60 Å². The SMILES string of the molecule is CCOC(=O)C(C)(C)Oc1ccc(CCCCn2ccc3cc(OS(C)(=O)=O)ccc32)cc1. The molecule has 7 nitrogen and oxygen atoms in total. The van der Waals surface area contributed by atoms with Gasteiger partial charge in [0, 0.05) is 23.6 Å². The van der Waals surface area contributed by atoms with Crippen LogP contribution in [0.25, 0.3) is 10.9 Å². The summed E-state index contributed by atoms with van der Waals surface area (Å²) in [7, 11) is -3.54. The highest BCUT2D eigenvalue weighted by molar-refractivity contribution is 7.86. The van der Waals surface area contributed by atoms with E-state index in [1.165, 1.54) is 5.56 Å². The number of carbonyl (C=O) groups is 1. The Morgan fingerprint density at radius 3 is 2.36 bits per heavy atom. The third-order valence-electron chi connectivity index (χ3n) is 5.17. The number of hydrogen-bond acceptors (Lipinski definition) is 6. The van der Waals surface area contributed by atoms with Crippen LogP contribution in [0.15, 0.2) is 54.7 Å². The Hall–Kier alpha value is -3.00. The summed E-state index contributed by atoms with van der Waals surface area (Å²) in [5.41, 5.74) is 1.21. The minimum absolute atomic E-state index is 0.320. The third-order valence-corrected chi connectivity index (χ3v) is 5.66. The first-order valence-electron chi connectivity index (χ1n) is 11.0. The van der Waals surface area contributed by atoms with E-state index in [4.69, 9.17) is 13.7 Å². The number of carbonyl (C=O) groups excluding carboxylic acids is 1. The molecule has 0 fully saturated rings. The van der Waals surface area contributed by atoms with Gasteiger partial charge in [-0.15, -0.1) is 0 Å². The van der Waals surface area contributed by atoms with Crippen LogP contribution in [0.1, 0.15) is 39.2 Å². The molecule has 0 N–H and O–H groups in total. The standard InChI is InChI=1S/C25H31NO6S/c1-5-30-24(27)25(2,3)31-21-11-9-19(10-12-21)8-6-7-16-26-17-15-20-18-22(13-14-23(20)26)32-33(4,28)29/h9-15,17-18H,5-8,16H2,1-4H3. The van der Waals surface area contributed by atoms with E-state index >= 15 is 0 Å². The zero-order valence-corrected chi connectivity index (χ0v) is 20.4. The minimum atomic E-state index is -3.54. The fourth-order valence-electron chi connectivity index (χ4n) is 3.58. The molecule has 0 saturated heterocycles. The topological polar surface area (TPSA) is 83.8 Å². The van der Waals surface area contributed by atoms with Crippen molar-refractivity contribution < 1.29 is 26.9 Å². The Morgan fingerprint density at radius 1 is 1.00 bits per heavy atom. The number of hydrogen-bond donors (Lipinski definition) is 0. The summed E-state index contributed by atoms with van der Waals surface area (Å²) in [6.45, 7) is 6.35. The van der Waals surface area contributed by atoms with Crippen molar-refractivity contribution in [2.75, 3.05) is 12.9 Å². The molecule has 0 aliphatic rings. The van der Waals surface area contributed by atoms with E-state index in [0.29, 0.717) is 18.1 Å². The van der Waals surface area contributed by atoms with Crippen molar-refractivity contribution >= 4 is 27.0 Å². The average Bonchev–Trinajstić information content (AvgIpc) is 3.13. The highest BCUT2D eigenvalue weighted by Gasteiger charge is 2.31. The first kappa shape index (κ1) is 24.6. The molecule has 0 aliphatic heterocycles. The van der Waals surface area contributed by atoms with Crippen LogP contribution in [0.3, 0.4) is 0 Å². The summed E-state index contributed by atoms with van der Waals surface area (Å²) >= 11 is 0. The smallest absolute Gasteiger partial charge is 0.349 e. The minimum Gasteiger partial charge on any atom is -0.476 e. The van der Waals surface area contributed by atoms with Crippen molar-refractivity contribution in [3.8, 4) is 11.5 Å². The second kappa shape index (κ2) is 10.3. The van der Waals surface area contributed by atoms with Crippen LogP contribution in [0.5, 0.6) is 11.5 Å². The van der Waals surface area contributed by atoms with Crippen molar-refractivity contribution in [2.45, 2.75) is 52.2 Å². The zero-order chi connectivity index (χ0) is 24.1. The molecule has 0 bridgehead atoms. The Balaban J connectivity index is 1.50. The fraction of sp³-hybridized carbons (Fsp3) is 0.400. The summed E-state index contributed by atoms with van der Waals surface area (Å²) in [4.78, 5) is 12.0. The Kier molecular flexibility index (Phi) is 7.68. The lowest BCUT2D eigenvalue weighted by atomic mass is 10.1. The summed E-state index contributed by atoms with van der Waals surface area (Å²) < 4.78 is 40.6. The molecule has 3 aromatic rings. The number of aryl methyl sites for hydroxylation is 2. The number of rotatable bonds is 11. The maximum Gasteiger partial charge on any atom is 0.349 e. The molecule has 0 atom stereocenters. The third kappa shape index (κ3) is 6.99. The number of aromatic nitrogens is 1. The molecule has 0 saturated carbocycles. The normalized spacial score (nSPS) is 12.0. The molecular formula is C25H31NO6S. The van der Waals surface area contributed by atoms with E-state index in [0.717, 1.165) is 43.0 Å². The molecule has 3 rings (SSSR count). The lowest BCUT2D eigenvalue weighted by molar-refractivity contribution is -0.158. The molecule has 0 radical (unpaired) electrons. The largest absolute Gasteiger partial charge is 0.476 e. The van der Waals surface area contributed by atoms with Gasteiger partial charge >= 0.3 is 16.1 Å². The second-order valence-electron chi connectivity index (χ2n) is 8.45. The van der Waals surface area contributed by atoms with Crippen LogP contribution < -0.4 is 8.92 Å². The van der Waals surface area contributed by atoms with E-state index in [-0.39, 0.29) is 5.97 Å². The summed E-state index contributed by atoms with van der Waals surface area (Å²) in [5.74, 6) is 0.571. The number of unbranched alkanes of at least 4 members (excludes halogenated alkanes) is 1. The van der Waals surface area contributed by atoms with Crippen molar-refractivity contribution in [1.82, 2.24) is 4.57 Å². The van der Waals surface area contributed by atoms with Gasteiger partial charge in [0.05, 0.1) is 12.9 Å². The molecule has 2 aromatic carbocycles. The van der Waals surface area contributed by atoms with Gasteiger partial charge in [0.25, 0.3) is 0 Å². The van der Waals surface area contributed by atoms with E-state index in [1.807, 2.05) is 42.6 Å². The van der Waals surface area contributed by atoms with Gasteiger partial charge < -0.3 is 18.2 Å². The van der Waals surface area contributed by atoms with Crippen molar-refractivity contribution in [3.05, 3.63) is 60.3 Å². The van der Waals surface area contributed by atoms with Crippen LogP contribution >= 0.6 is 0 Å². The van der Waals surface area contributed by atoms with Crippen LogP contribution in [0.4, 0.5) is 0 Å². The number of benzene rings is 2. The van der Waals surface area contributed by atoms with E-state index in [9.17, 15) is 13.2 Å². The van der Waals surface area contributed by atoms with Gasteiger partial charge in [0.1, 0.15) is 11.5 Å². The number of nitrogens with zero attached hydrogens (tertiary/aromatic N) is 1. The van der Waals surface area contributed by atoms with Gasteiger partial charge in [-0.3, -0.25) is 0 Å². The van der Waals surface area contributed by atoms with Crippen molar-refractivity contribution in [2.24, 2.45) is 0 Å². The molecule has 1 aromatic heterocycles. The number of esters is 1. The molecule has 0 aliphatic carbocycles. The summed E-state index contributed by atoms with van der Waals surface area (Å²) in [6.07, 6.45) is 6.00. The lowest BCUT2D eigenvalue weighted by Gasteiger charge is -2.24. The lowest BCUT2D eigenvalue weighted by Crippen LogP contribution is -2.39. The van der Waals surface area contributed by atoms with Gasteiger partial charge in [0.2, 0.25) is 0 Å². The monoisotopic (exact) mass is 473 g/mol. The van der Waals surface area contributed by atoms with Gasteiger partial charge in [-0.25, -0.2) is 4.79 Å². The molecule has 1 heterocycles. The first-order valence-corrected chi connectivity index (χ1v) is 12.8. The van der Waals surface area contributed by atoms with Gasteiger partial charge in [-0.05, 0) is 82.0 Å². The van der Waals surface area contributed by atoms with Crippen LogP contribution in [-0.4, -0.2) is 37.4 Å². The molecule has 0 amide bonds. The van der Waals surface area contributed by atoms with Crippen LogP contribution in [0.2, 0.25) is 0 Å². The Bertz CT molecular complexity index is 1200. The molecule has 33 heavy (non-hydrogen) atoms. The average molecular weight is 474 g/mol. The molecule has 0 unspecified atom stereocenters. The second-order valence-corrected chi connectivity index (χ2v) is 10.0. The van der Waals surface area contributed by atoms with Crippen molar-refractivity contribution in [1.29, 1.82) is 0 Å².